The minimum absolute atomic E-state index is 0.00409. The van der Waals surface area contributed by atoms with Gasteiger partial charge in [0.15, 0.2) is 0 Å². The lowest BCUT2D eigenvalue weighted by molar-refractivity contribution is -0.214. The van der Waals surface area contributed by atoms with E-state index in [1.54, 1.807) is 0 Å². The summed E-state index contributed by atoms with van der Waals surface area (Å²) in [6.07, 6.45) is 12.9. The lowest BCUT2D eigenvalue weighted by atomic mass is 9.36. The van der Waals surface area contributed by atoms with Crippen LogP contribution in [0.25, 0.3) is 0 Å². The Hall–Kier alpha value is -0.570. The molecule has 0 aromatic heterocycles. The Morgan fingerprint density at radius 2 is 1.52 bits per heavy atom. The number of carbonyl (C=O) groups excluding carboxylic acids is 1. The van der Waals surface area contributed by atoms with Crippen molar-refractivity contribution in [1.29, 1.82) is 0 Å². The Labute approximate surface area is 177 Å². The summed E-state index contributed by atoms with van der Waals surface area (Å²) in [7, 11) is 0. The zero-order valence-corrected chi connectivity index (χ0v) is 19.2. The largest absolute Gasteiger partial charge is 0.393 e. The molecule has 9 atom stereocenters. The standard InChI is InChI=1S/C26H43NO2/c1-23(2)19-10-13-24(3)17-9-15-26(22(27)29)12-5-6-18(26)16(17)7-8-20(24)25(19,4)14-11-21(23)28/h16-21,28H,5-15H2,1-4H3,(H2,27,29). The molecule has 5 rings (SSSR count). The zero-order valence-electron chi connectivity index (χ0n) is 19.2. The molecule has 0 aromatic rings. The molecular formula is C26H43NO2. The lowest BCUT2D eigenvalue weighted by Gasteiger charge is -2.69. The number of rotatable bonds is 1. The topological polar surface area (TPSA) is 63.3 Å². The molecule has 0 aliphatic heterocycles. The van der Waals surface area contributed by atoms with Crippen molar-refractivity contribution in [3.05, 3.63) is 0 Å². The highest BCUT2D eigenvalue weighted by molar-refractivity contribution is 5.81. The molecule has 1 amide bonds. The van der Waals surface area contributed by atoms with E-state index >= 15 is 0 Å². The van der Waals surface area contributed by atoms with E-state index in [1.807, 2.05) is 0 Å². The van der Waals surface area contributed by atoms with Crippen LogP contribution in [0.3, 0.4) is 0 Å². The maximum Gasteiger partial charge on any atom is 0.223 e. The van der Waals surface area contributed by atoms with Gasteiger partial charge in [-0.1, -0.05) is 34.1 Å². The molecule has 3 nitrogen and oxygen atoms in total. The number of amides is 1. The average molecular weight is 402 g/mol. The molecule has 5 aliphatic carbocycles. The number of aliphatic hydroxyl groups excluding tert-OH is 1. The molecule has 0 heterocycles. The molecule has 5 saturated carbocycles. The number of carbonyl (C=O) groups is 1. The molecule has 5 aliphatic rings. The van der Waals surface area contributed by atoms with Crippen molar-refractivity contribution in [3.8, 4) is 0 Å². The molecule has 0 saturated heterocycles. The minimum Gasteiger partial charge on any atom is -0.393 e. The van der Waals surface area contributed by atoms with Crippen molar-refractivity contribution in [2.45, 2.75) is 104 Å². The van der Waals surface area contributed by atoms with Gasteiger partial charge < -0.3 is 10.8 Å². The van der Waals surface area contributed by atoms with Crippen LogP contribution in [0.15, 0.2) is 0 Å². The molecule has 0 spiro atoms. The van der Waals surface area contributed by atoms with Gasteiger partial charge >= 0.3 is 0 Å². The van der Waals surface area contributed by atoms with Crippen LogP contribution in [0.2, 0.25) is 0 Å². The predicted molar refractivity (Wildman–Crippen MR) is 116 cm³/mol. The van der Waals surface area contributed by atoms with Crippen LogP contribution in [0, 0.1) is 51.2 Å². The van der Waals surface area contributed by atoms with Crippen LogP contribution in [-0.2, 0) is 4.79 Å². The molecular weight excluding hydrogens is 358 g/mol. The van der Waals surface area contributed by atoms with Crippen LogP contribution >= 0.6 is 0 Å². The highest BCUT2D eigenvalue weighted by Crippen LogP contribution is 2.72. The van der Waals surface area contributed by atoms with Crippen molar-refractivity contribution in [3.63, 3.8) is 0 Å². The summed E-state index contributed by atoms with van der Waals surface area (Å²) in [6.45, 7) is 9.86. The van der Waals surface area contributed by atoms with Gasteiger partial charge in [0.2, 0.25) is 5.91 Å². The summed E-state index contributed by atoms with van der Waals surface area (Å²) in [5, 5.41) is 10.8. The number of fused-ring (bicyclic) bond motifs is 7. The van der Waals surface area contributed by atoms with E-state index in [0.717, 1.165) is 31.1 Å². The molecule has 0 radical (unpaired) electrons. The van der Waals surface area contributed by atoms with Crippen LogP contribution in [-0.4, -0.2) is 17.1 Å². The van der Waals surface area contributed by atoms with Gasteiger partial charge in [-0.15, -0.1) is 0 Å². The summed E-state index contributed by atoms with van der Waals surface area (Å²) in [4.78, 5) is 12.5. The summed E-state index contributed by atoms with van der Waals surface area (Å²) in [6, 6.07) is 0. The van der Waals surface area contributed by atoms with Gasteiger partial charge in [0.25, 0.3) is 0 Å². The molecule has 3 N–H and O–H groups in total. The molecule has 29 heavy (non-hydrogen) atoms. The molecule has 9 unspecified atom stereocenters. The van der Waals surface area contributed by atoms with E-state index in [-0.39, 0.29) is 22.8 Å². The first-order valence-corrected chi connectivity index (χ1v) is 12.6. The maximum absolute atomic E-state index is 12.5. The van der Waals surface area contributed by atoms with Gasteiger partial charge in [-0.3, -0.25) is 4.79 Å². The third kappa shape index (κ3) is 2.43. The van der Waals surface area contributed by atoms with Gasteiger partial charge in [-0.25, -0.2) is 0 Å². The number of primary amides is 1. The number of aliphatic hydroxyl groups is 1. The van der Waals surface area contributed by atoms with E-state index in [9.17, 15) is 9.90 Å². The highest BCUT2D eigenvalue weighted by atomic mass is 16.3. The van der Waals surface area contributed by atoms with E-state index in [1.165, 1.54) is 51.4 Å². The highest BCUT2D eigenvalue weighted by Gasteiger charge is 2.66. The normalized spacial score (nSPS) is 55.9. The number of hydrogen-bond acceptors (Lipinski definition) is 2. The third-order valence-corrected chi connectivity index (χ3v) is 12.0. The van der Waals surface area contributed by atoms with Crippen molar-refractivity contribution in [2.75, 3.05) is 0 Å². The number of nitrogens with two attached hydrogens (primary N) is 1. The molecule has 164 valence electrons. The summed E-state index contributed by atoms with van der Waals surface area (Å²) in [5.74, 6) is 3.43. The fourth-order valence-electron chi connectivity index (χ4n) is 10.6. The monoisotopic (exact) mass is 401 g/mol. The Balaban J connectivity index is 1.48. The first-order chi connectivity index (χ1) is 13.6. The summed E-state index contributed by atoms with van der Waals surface area (Å²) >= 11 is 0. The van der Waals surface area contributed by atoms with Crippen LogP contribution in [0.4, 0.5) is 0 Å². The second-order valence-electron chi connectivity index (χ2n) is 12.9. The SMILES string of the molecule is CC1(C)C(O)CCC2(C)C1CCC1(C)C3CCC4(C(N)=O)CCCC4C3CCC12. The van der Waals surface area contributed by atoms with E-state index in [2.05, 4.69) is 27.7 Å². The van der Waals surface area contributed by atoms with Crippen LogP contribution in [0.1, 0.15) is 98.3 Å². The number of hydrogen-bond donors (Lipinski definition) is 2. The van der Waals surface area contributed by atoms with E-state index in [0.29, 0.717) is 28.6 Å². The summed E-state index contributed by atoms with van der Waals surface area (Å²) in [5.41, 5.74) is 6.63. The van der Waals surface area contributed by atoms with Gasteiger partial charge in [0, 0.05) is 0 Å². The van der Waals surface area contributed by atoms with Crippen molar-refractivity contribution in [1.82, 2.24) is 0 Å². The van der Waals surface area contributed by atoms with Gasteiger partial charge in [-0.2, -0.15) is 0 Å². The minimum atomic E-state index is -0.178. The van der Waals surface area contributed by atoms with Crippen LogP contribution in [0.5, 0.6) is 0 Å². The fraction of sp³-hybridized carbons (Fsp3) is 0.962. The van der Waals surface area contributed by atoms with Crippen LogP contribution < -0.4 is 5.73 Å². The first kappa shape index (κ1) is 20.3. The Morgan fingerprint density at radius 3 is 2.24 bits per heavy atom. The lowest BCUT2D eigenvalue weighted by Crippen LogP contribution is -2.63. The zero-order chi connectivity index (χ0) is 20.8. The van der Waals surface area contributed by atoms with Crippen molar-refractivity contribution >= 4 is 5.91 Å². The molecule has 0 aromatic carbocycles. The second kappa shape index (κ2) is 6.24. The molecule has 3 heteroatoms. The quantitative estimate of drug-likeness (QED) is 0.626. The first-order valence-electron chi connectivity index (χ1n) is 12.6. The smallest absolute Gasteiger partial charge is 0.223 e. The Morgan fingerprint density at radius 1 is 0.793 bits per heavy atom. The third-order valence-electron chi connectivity index (χ3n) is 12.0. The predicted octanol–water partition coefficient (Wildman–Crippen LogP) is 5.30. The second-order valence-corrected chi connectivity index (χ2v) is 12.9. The van der Waals surface area contributed by atoms with Gasteiger partial charge in [0.05, 0.1) is 11.5 Å². The average Bonchev–Trinajstić information content (AvgIpc) is 3.11. The van der Waals surface area contributed by atoms with Gasteiger partial charge in [-0.05, 0) is 110 Å². The Bertz CT molecular complexity index is 703. The molecule has 0 bridgehead atoms. The van der Waals surface area contributed by atoms with Crippen molar-refractivity contribution in [2.24, 2.45) is 57.0 Å². The van der Waals surface area contributed by atoms with E-state index < -0.39 is 0 Å². The molecule has 5 fully saturated rings. The summed E-state index contributed by atoms with van der Waals surface area (Å²) < 4.78 is 0. The fourth-order valence-corrected chi connectivity index (χ4v) is 10.6. The Kier molecular flexibility index (Phi) is 4.37. The van der Waals surface area contributed by atoms with Crippen molar-refractivity contribution < 1.29 is 9.90 Å². The maximum atomic E-state index is 12.5. The van der Waals surface area contributed by atoms with E-state index in [4.69, 9.17) is 5.73 Å². The van der Waals surface area contributed by atoms with Gasteiger partial charge in [0.1, 0.15) is 0 Å².